The van der Waals surface area contributed by atoms with Crippen LogP contribution in [0.25, 0.3) is 0 Å². The van der Waals surface area contributed by atoms with E-state index in [9.17, 15) is 0 Å². The topological polar surface area (TPSA) is 0 Å². The molecule has 0 N–H and O–H groups in total. The summed E-state index contributed by atoms with van der Waals surface area (Å²) < 4.78 is 0. The van der Waals surface area contributed by atoms with Crippen molar-refractivity contribution in [3.05, 3.63) is 0 Å². The predicted molar refractivity (Wildman–Crippen MR) is 89.6 cm³/mol. The second-order valence-electron chi connectivity index (χ2n) is 7.03. The van der Waals surface area contributed by atoms with Crippen LogP contribution in [0.2, 0.25) is 0 Å². The quantitative estimate of drug-likeness (QED) is 0.309. The van der Waals surface area contributed by atoms with Crippen LogP contribution in [0.15, 0.2) is 0 Å². The van der Waals surface area contributed by atoms with Gasteiger partial charge in [0.2, 0.25) is 0 Å². The summed E-state index contributed by atoms with van der Waals surface area (Å²) in [5.74, 6) is 2.81. The predicted octanol–water partition coefficient (Wildman–Crippen LogP) is 7.23. The lowest BCUT2D eigenvalue weighted by Crippen LogP contribution is -2.11. The van der Waals surface area contributed by atoms with Gasteiger partial charge in [-0.05, 0) is 17.8 Å². The minimum Gasteiger partial charge on any atom is -0.0654 e. The maximum Gasteiger partial charge on any atom is -0.0391 e. The number of hydrogen-bond donors (Lipinski definition) is 0. The molecule has 0 fully saturated rings. The fourth-order valence-corrected chi connectivity index (χ4v) is 3.16. The van der Waals surface area contributed by atoms with Gasteiger partial charge < -0.3 is 0 Å². The monoisotopic (exact) mass is 268 g/mol. The summed E-state index contributed by atoms with van der Waals surface area (Å²) in [6, 6.07) is 0. The van der Waals surface area contributed by atoms with Crippen molar-refractivity contribution in [1.82, 2.24) is 0 Å². The number of rotatable bonds is 13. The molecule has 0 nitrogen and oxygen atoms in total. The Morgan fingerprint density at radius 3 is 1.84 bits per heavy atom. The zero-order chi connectivity index (χ0) is 14.5. The first-order chi connectivity index (χ1) is 9.11. The van der Waals surface area contributed by atoms with Crippen LogP contribution in [0.1, 0.15) is 105 Å². The van der Waals surface area contributed by atoms with Gasteiger partial charge in [-0.15, -0.1) is 0 Å². The highest BCUT2D eigenvalue weighted by atomic mass is 14.2. The number of unbranched alkanes of at least 4 members (excludes halogenated alkanes) is 5. The molecule has 0 saturated heterocycles. The highest BCUT2D eigenvalue weighted by molar-refractivity contribution is 4.66. The van der Waals surface area contributed by atoms with E-state index in [1.165, 1.54) is 70.6 Å². The van der Waals surface area contributed by atoms with E-state index in [2.05, 4.69) is 34.6 Å². The van der Waals surface area contributed by atoms with Crippen molar-refractivity contribution in [2.24, 2.45) is 17.8 Å². The van der Waals surface area contributed by atoms with Crippen molar-refractivity contribution < 1.29 is 0 Å². The SMILES string of the molecule is CCCCCCCCC(C)C(CC)CCCC(C)C. The molecule has 0 spiro atoms. The molecular weight excluding hydrogens is 228 g/mol. The lowest BCUT2D eigenvalue weighted by Gasteiger charge is -2.23. The van der Waals surface area contributed by atoms with E-state index in [-0.39, 0.29) is 0 Å². The first-order valence-electron chi connectivity index (χ1n) is 9.11. The highest BCUT2D eigenvalue weighted by Gasteiger charge is 2.14. The summed E-state index contributed by atoms with van der Waals surface area (Å²) in [7, 11) is 0. The van der Waals surface area contributed by atoms with Crippen molar-refractivity contribution in [3.8, 4) is 0 Å². The fraction of sp³-hybridized carbons (Fsp3) is 1.00. The third kappa shape index (κ3) is 11.5. The second kappa shape index (κ2) is 13.0. The van der Waals surface area contributed by atoms with E-state index in [1.807, 2.05) is 0 Å². The molecule has 19 heavy (non-hydrogen) atoms. The molecule has 116 valence electrons. The largest absolute Gasteiger partial charge is 0.0654 e. The molecule has 0 aliphatic heterocycles. The van der Waals surface area contributed by atoms with Crippen molar-refractivity contribution in [2.45, 2.75) is 105 Å². The molecule has 0 rings (SSSR count). The van der Waals surface area contributed by atoms with Gasteiger partial charge in [-0.1, -0.05) is 105 Å². The van der Waals surface area contributed by atoms with E-state index in [0.29, 0.717) is 0 Å². The van der Waals surface area contributed by atoms with Crippen LogP contribution in [0.5, 0.6) is 0 Å². The molecule has 0 aliphatic rings. The summed E-state index contributed by atoms with van der Waals surface area (Å²) in [4.78, 5) is 0. The van der Waals surface area contributed by atoms with Gasteiger partial charge in [0, 0.05) is 0 Å². The highest BCUT2D eigenvalue weighted by Crippen LogP contribution is 2.27. The smallest absolute Gasteiger partial charge is 0.0391 e. The van der Waals surface area contributed by atoms with Crippen LogP contribution < -0.4 is 0 Å². The third-order valence-corrected chi connectivity index (χ3v) is 4.70. The van der Waals surface area contributed by atoms with Gasteiger partial charge in [0.1, 0.15) is 0 Å². The summed E-state index contributed by atoms with van der Waals surface area (Å²) in [6.45, 7) is 11.9. The lowest BCUT2D eigenvalue weighted by atomic mass is 9.83. The van der Waals surface area contributed by atoms with E-state index >= 15 is 0 Å². The Morgan fingerprint density at radius 1 is 0.632 bits per heavy atom. The minimum atomic E-state index is 0.881. The molecule has 2 unspecified atom stereocenters. The number of hydrogen-bond acceptors (Lipinski definition) is 0. The Labute approximate surface area is 123 Å². The van der Waals surface area contributed by atoms with Gasteiger partial charge in [0.25, 0.3) is 0 Å². The van der Waals surface area contributed by atoms with Crippen LogP contribution >= 0.6 is 0 Å². The molecule has 0 saturated carbocycles. The fourth-order valence-electron chi connectivity index (χ4n) is 3.16. The van der Waals surface area contributed by atoms with E-state index in [4.69, 9.17) is 0 Å². The average Bonchev–Trinajstić information content (AvgIpc) is 2.38. The van der Waals surface area contributed by atoms with Crippen LogP contribution in [-0.2, 0) is 0 Å². The van der Waals surface area contributed by atoms with Gasteiger partial charge >= 0.3 is 0 Å². The molecule has 2 atom stereocenters. The molecular formula is C19H40. The molecule has 0 aliphatic carbocycles. The first-order valence-corrected chi connectivity index (χ1v) is 9.11. The van der Waals surface area contributed by atoms with Gasteiger partial charge in [-0.25, -0.2) is 0 Å². The lowest BCUT2D eigenvalue weighted by molar-refractivity contribution is 0.287. The standard InChI is InChI=1S/C19H40/c1-6-8-9-10-11-12-15-18(5)19(7-2)16-13-14-17(3)4/h17-19H,6-16H2,1-5H3. The van der Waals surface area contributed by atoms with Gasteiger partial charge in [-0.2, -0.15) is 0 Å². The summed E-state index contributed by atoms with van der Waals surface area (Å²) in [6.07, 6.45) is 15.8. The summed E-state index contributed by atoms with van der Waals surface area (Å²) in [5.41, 5.74) is 0. The Kier molecular flexibility index (Phi) is 13.0. The van der Waals surface area contributed by atoms with Gasteiger partial charge in [0.15, 0.2) is 0 Å². The normalized spacial score (nSPS) is 14.8. The van der Waals surface area contributed by atoms with Crippen molar-refractivity contribution in [3.63, 3.8) is 0 Å². The minimum absolute atomic E-state index is 0.881. The first kappa shape index (κ1) is 19.0. The van der Waals surface area contributed by atoms with Crippen LogP contribution in [0.3, 0.4) is 0 Å². The van der Waals surface area contributed by atoms with Crippen molar-refractivity contribution in [2.75, 3.05) is 0 Å². The second-order valence-corrected chi connectivity index (χ2v) is 7.03. The average molecular weight is 269 g/mol. The molecule has 0 heteroatoms. The maximum atomic E-state index is 2.50. The molecule has 0 bridgehead atoms. The third-order valence-electron chi connectivity index (χ3n) is 4.70. The van der Waals surface area contributed by atoms with Crippen LogP contribution in [0, 0.1) is 17.8 Å². The molecule has 0 aromatic heterocycles. The van der Waals surface area contributed by atoms with Gasteiger partial charge in [0.05, 0.1) is 0 Å². The van der Waals surface area contributed by atoms with E-state index < -0.39 is 0 Å². The van der Waals surface area contributed by atoms with Crippen LogP contribution in [-0.4, -0.2) is 0 Å². The zero-order valence-electron chi connectivity index (χ0n) is 14.5. The Hall–Kier alpha value is 0. The summed E-state index contributed by atoms with van der Waals surface area (Å²) >= 11 is 0. The maximum absolute atomic E-state index is 2.50. The Balaban J connectivity index is 3.61. The molecule has 0 heterocycles. The molecule has 0 radical (unpaired) electrons. The van der Waals surface area contributed by atoms with Gasteiger partial charge in [-0.3, -0.25) is 0 Å². The zero-order valence-corrected chi connectivity index (χ0v) is 14.5. The Morgan fingerprint density at radius 2 is 1.26 bits per heavy atom. The molecule has 0 amide bonds. The molecule has 0 aromatic rings. The van der Waals surface area contributed by atoms with Crippen molar-refractivity contribution >= 4 is 0 Å². The molecule has 0 aromatic carbocycles. The Bertz CT molecular complexity index is 171. The van der Waals surface area contributed by atoms with Crippen molar-refractivity contribution in [1.29, 1.82) is 0 Å². The van der Waals surface area contributed by atoms with E-state index in [1.54, 1.807) is 0 Å². The van der Waals surface area contributed by atoms with E-state index in [0.717, 1.165) is 17.8 Å². The van der Waals surface area contributed by atoms with Crippen LogP contribution in [0.4, 0.5) is 0 Å². The summed E-state index contributed by atoms with van der Waals surface area (Å²) in [5, 5.41) is 0.